The summed E-state index contributed by atoms with van der Waals surface area (Å²) in [4.78, 5) is 11.2. The topological polar surface area (TPSA) is 29.1 Å². The van der Waals surface area contributed by atoms with Crippen LogP contribution < -0.4 is 5.32 Å². The molecule has 1 unspecified atom stereocenters. The Hall–Kier alpha value is -0.860. The largest absolute Gasteiger partial charge is 0.353 e. The van der Waals surface area contributed by atoms with Gasteiger partial charge in [-0.1, -0.05) is 12.2 Å². The molecule has 0 aromatic heterocycles. The molecule has 1 aliphatic carbocycles. The maximum absolute atomic E-state index is 11.7. The zero-order valence-electron chi connectivity index (χ0n) is 7.05. The number of halogens is 1. The Morgan fingerprint density at radius 1 is 1.67 bits per heavy atom. The van der Waals surface area contributed by atoms with E-state index in [1.54, 1.807) is 0 Å². The lowest BCUT2D eigenvalue weighted by Crippen LogP contribution is -2.31. The van der Waals surface area contributed by atoms with Gasteiger partial charge in [-0.25, -0.2) is 4.39 Å². The van der Waals surface area contributed by atoms with Gasteiger partial charge in [-0.3, -0.25) is 4.79 Å². The molecule has 1 N–H and O–H groups in total. The van der Waals surface area contributed by atoms with E-state index in [1.807, 2.05) is 12.2 Å². The molecular weight excluding hydrogens is 157 g/mol. The Kier molecular flexibility index (Phi) is 3.77. The molecule has 1 aliphatic rings. The molecule has 2 nitrogen and oxygen atoms in total. The first-order valence-corrected chi connectivity index (χ1v) is 4.35. The van der Waals surface area contributed by atoms with Crippen LogP contribution in [0.1, 0.15) is 19.3 Å². The van der Waals surface area contributed by atoms with Gasteiger partial charge in [0.05, 0.1) is 5.92 Å². The van der Waals surface area contributed by atoms with Crippen molar-refractivity contribution in [3.8, 4) is 0 Å². The molecule has 0 saturated carbocycles. The van der Waals surface area contributed by atoms with E-state index in [1.165, 1.54) is 0 Å². The van der Waals surface area contributed by atoms with Gasteiger partial charge in [0.15, 0.2) is 0 Å². The van der Waals surface area contributed by atoms with Crippen LogP contribution in [0.2, 0.25) is 0 Å². The van der Waals surface area contributed by atoms with Gasteiger partial charge in [-0.15, -0.1) is 0 Å². The van der Waals surface area contributed by atoms with Crippen LogP contribution in [0.3, 0.4) is 0 Å². The Morgan fingerprint density at radius 2 is 2.50 bits per heavy atom. The normalized spacial score (nSPS) is 22.2. The van der Waals surface area contributed by atoms with Gasteiger partial charge >= 0.3 is 0 Å². The van der Waals surface area contributed by atoms with Crippen LogP contribution in [-0.4, -0.2) is 19.1 Å². The Bertz CT molecular complexity index is 179. The van der Waals surface area contributed by atoms with Gasteiger partial charge in [-0.2, -0.15) is 0 Å². The first-order chi connectivity index (χ1) is 5.84. The lowest BCUT2D eigenvalue weighted by Gasteiger charge is -2.15. The molecule has 3 heteroatoms. The molecule has 12 heavy (non-hydrogen) atoms. The van der Waals surface area contributed by atoms with Crippen molar-refractivity contribution in [1.29, 1.82) is 0 Å². The number of nitrogens with one attached hydrogen (secondary N) is 1. The molecule has 0 saturated heterocycles. The predicted molar refractivity (Wildman–Crippen MR) is 45.5 cm³/mol. The minimum Gasteiger partial charge on any atom is -0.353 e. The van der Waals surface area contributed by atoms with Crippen molar-refractivity contribution in [2.45, 2.75) is 19.3 Å². The zero-order chi connectivity index (χ0) is 8.81. The molecule has 0 aliphatic heterocycles. The molecule has 0 heterocycles. The second-order valence-corrected chi connectivity index (χ2v) is 2.95. The SMILES string of the molecule is O=C(NCCF)C1C=CCCC1. The van der Waals surface area contributed by atoms with Crippen molar-refractivity contribution >= 4 is 5.91 Å². The summed E-state index contributed by atoms with van der Waals surface area (Å²) >= 11 is 0. The number of carbonyl (C=O) groups is 1. The fourth-order valence-corrected chi connectivity index (χ4v) is 1.33. The van der Waals surface area contributed by atoms with Crippen molar-refractivity contribution in [1.82, 2.24) is 5.32 Å². The monoisotopic (exact) mass is 171 g/mol. The summed E-state index contributed by atoms with van der Waals surface area (Å²) in [7, 11) is 0. The molecule has 68 valence electrons. The first kappa shape index (κ1) is 9.23. The van der Waals surface area contributed by atoms with E-state index in [0.717, 1.165) is 19.3 Å². The number of carbonyl (C=O) groups excluding carboxylic acids is 1. The van der Waals surface area contributed by atoms with E-state index in [2.05, 4.69) is 5.32 Å². The van der Waals surface area contributed by atoms with Crippen molar-refractivity contribution in [3.63, 3.8) is 0 Å². The van der Waals surface area contributed by atoms with Gasteiger partial charge < -0.3 is 5.32 Å². The average Bonchev–Trinajstić information content (AvgIpc) is 2.15. The maximum atomic E-state index is 11.7. The quantitative estimate of drug-likeness (QED) is 0.639. The lowest BCUT2D eigenvalue weighted by molar-refractivity contribution is -0.123. The minimum atomic E-state index is -0.484. The number of hydrogen-bond donors (Lipinski definition) is 1. The summed E-state index contributed by atoms with van der Waals surface area (Å²) in [6.07, 6.45) is 6.95. The molecular formula is C9H14FNO. The van der Waals surface area contributed by atoms with E-state index >= 15 is 0 Å². The third-order valence-corrected chi connectivity index (χ3v) is 1.98. The summed E-state index contributed by atoms with van der Waals surface area (Å²) in [5.74, 6) is -0.0612. The Labute approximate surface area is 71.8 Å². The fourth-order valence-electron chi connectivity index (χ4n) is 1.33. The van der Waals surface area contributed by atoms with E-state index < -0.39 is 6.67 Å². The summed E-state index contributed by atoms with van der Waals surface area (Å²) in [6, 6.07) is 0. The van der Waals surface area contributed by atoms with E-state index in [0.29, 0.717) is 0 Å². The molecule has 0 spiro atoms. The number of allylic oxidation sites excluding steroid dienone is 1. The lowest BCUT2D eigenvalue weighted by atomic mass is 9.95. The van der Waals surface area contributed by atoms with Gasteiger partial charge in [-0.05, 0) is 19.3 Å². The third-order valence-electron chi connectivity index (χ3n) is 1.98. The fraction of sp³-hybridized carbons (Fsp3) is 0.667. The first-order valence-electron chi connectivity index (χ1n) is 4.35. The molecule has 1 rings (SSSR count). The number of amides is 1. The standard InChI is InChI=1S/C9H14FNO/c10-6-7-11-9(12)8-4-2-1-3-5-8/h2,4,8H,1,3,5-7H2,(H,11,12). The van der Waals surface area contributed by atoms with Crippen molar-refractivity contribution < 1.29 is 9.18 Å². The molecule has 0 aromatic carbocycles. The van der Waals surface area contributed by atoms with Crippen molar-refractivity contribution in [3.05, 3.63) is 12.2 Å². The molecule has 0 fully saturated rings. The Morgan fingerprint density at radius 3 is 3.08 bits per heavy atom. The maximum Gasteiger partial charge on any atom is 0.227 e. The number of alkyl halides is 1. The van der Waals surface area contributed by atoms with E-state index in [-0.39, 0.29) is 18.4 Å². The number of rotatable bonds is 3. The van der Waals surface area contributed by atoms with Gasteiger partial charge in [0.2, 0.25) is 5.91 Å². The summed E-state index contributed by atoms with van der Waals surface area (Å²) < 4.78 is 11.7. The third kappa shape index (κ3) is 2.64. The molecule has 0 radical (unpaired) electrons. The average molecular weight is 171 g/mol. The van der Waals surface area contributed by atoms with Crippen LogP contribution in [0.5, 0.6) is 0 Å². The highest BCUT2D eigenvalue weighted by molar-refractivity contribution is 5.80. The van der Waals surface area contributed by atoms with Crippen molar-refractivity contribution in [2.24, 2.45) is 5.92 Å². The van der Waals surface area contributed by atoms with Gasteiger partial charge in [0.25, 0.3) is 0 Å². The van der Waals surface area contributed by atoms with Crippen LogP contribution in [-0.2, 0) is 4.79 Å². The van der Waals surface area contributed by atoms with Crippen LogP contribution in [0.25, 0.3) is 0 Å². The summed E-state index contributed by atoms with van der Waals surface area (Å²) in [5.41, 5.74) is 0. The summed E-state index contributed by atoms with van der Waals surface area (Å²) in [5, 5.41) is 2.54. The molecule has 1 atom stereocenters. The Balaban J connectivity index is 2.30. The molecule has 0 aromatic rings. The minimum absolute atomic E-state index is 0.0229. The highest BCUT2D eigenvalue weighted by Gasteiger charge is 2.15. The van der Waals surface area contributed by atoms with Crippen LogP contribution in [0.4, 0.5) is 4.39 Å². The van der Waals surface area contributed by atoms with Crippen LogP contribution in [0, 0.1) is 5.92 Å². The highest BCUT2D eigenvalue weighted by Crippen LogP contribution is 2.16. The highest BCUT2D eigenvalue weighted by atomic mass is 19.1. The second-order valence-electron chi connectivity index (χ2n) is 2.95. The van der Waals surface area contributed by atoms with Gasteiger partial charge in [0, 0.05) is 6.54 Å². The van der Waals surface area contributed by atoms with Gasteiger partial charge in [0.1, 0.15) is 6.67 Å². The smallest absolute Gasteiger partial charge is 0.227 e. The van der Waals surface area contributed by atoms with Crippen LogP contribution in [0.15, 0.2) is 12.2 Å². The van der Waals surface area contributed by atoms with E-state index in [4.69, 9.17) is 0 Å². The predicted octanol–water partition coefficient (Wildman–Crippen LogP) is 1.43. The summed E-state index contributed by atoms with van der Waals surface area (Å²) in [6.45, 7) is -0.342. The van der Waals surface area contributed by atoms with Crippen LogP contribution >= 0.6 is 0 Å². The second kappa shape index (κ2) is 4.91. The molecule has 0 bridgehead atoms. The number of hydrogen-bond acceptors (Lipinski definition) is 1. The van der Waals surface area contributed by atoms with E-state index in [9.17, 15) is 9.18 Å². The molecule has 1 amide bonds. The van der Waals surface area contributed by atoms with Crippen molar-refractivity contribution in [2.75, 3.05) is 13.2 Å². The zero-order valence-corrected chi connectivity index (χ0v) is 7.05.